The number of carboxylic acids is 1. The van der Waals surface area contributed by atoms with Crippen LogP contribution in [0.5, 0.6) is 0 Å². The summed E-state index contributed by atoms with van der Waals surface area (Å²) in [5, 5.41) is 11.6. The van der Waals surface area contributed by atoms with Crippen LogP contribution < -0.4 is 11.1 Å². The average Bonchev–Trinajstić information content (AvgIpc) is 2.14. The maximum absolute atomic E-state index is 11.1. The lowest BCUT2D eigenvalue weighted by molar-refractivity contribution is -0.137. The fourth-order valence-corrected chi connectivity index (χ4v) is 1.35. The summed E-state index contributed by atoms with van der Waals surface area (Å²) in [5.74, 6) is -1.48. The van der Waals surface area contributed by atoms with Crippen molar-refractivity contribution in [3.05, 3.63) is 18.1 Å². The van der Waals surface area contributed by atoms with Crippen molar-refractivity contribution in [3.8, 4) is 0 Å². The number of hydrogen-bond donors (Lipinski definition) is 3. The van der Waals surface area contributed by atoms with Crippen LogP contribution in [0, 0.1) is 0 Å². The van der Waals surface area contributed by atoms with Gasteiger partial charge in [0.25, 0.3) is 5.91 Å². The molecule has 92 valence electrons. The molecule has 1 heterocycles. The second kappa shape index (κ2) is 4.77. The number of carboxylic acid groups (broad SMARTS) is 1. The first-order valence-electron chi connectivity index (χ1n) is 4.92. The fraction of sp³-hybridized carbons (Fsp3) is 0.400. The van der Waals surface area contributed by atoms with Crippen LogP contribution in [0.15, 0.2) is 12.4 Å². The van der Waals surface area contributed by atoms with Gasteiger partial charge < -0.3 is 16.2 Å². The van der Waals surface area contributed by atoms with Crippen LogP contribution in [-0.4, -0.2) is 32.5 Å². The first kappa shape index (κ1) is 12.9. The van der Waals surface area contributed by atoms with Crippen LogP contribution in [0.3, 0.4) is 0 Å². The number of aliphatic carboxylic acids is 1. The Labute approximate surface area is 98.1 Å². The van der Waals surface area contributed by atoms with Crippen LogP contribution in [0.1, 0.15) is 30.8 Å². The quantitative estimate of drug-likeness (QED) is 0.676. The van der Waals surface area contributed by atoms with E-state index in [0.717, 1.165) is 0 Å². The van der Waals surface area contributed by atoms with E-state index in [1.807, 2.05) is 0 Å². The van der Waals surface area contributed by atoms with Gasteiger partial charge in [-0.25, -0.2) is 9.97 Å². The zero-order valence-electron chi connectivity index (χ0n) is 9.60. The molecule has 0 spiro atoms. The summed E-state index contributed by atoms with van der Waals surface area (Å²) in [6.07, 6.45) is 2.61. The lowest BCUT2D eigenvalue weighted by atomic mass is 10.0. The molecule has 0 bridgehead atoms. The van der Waals surface area contributed by atoms with E-state index >= 15 is 0 Å². The van der Waals surface area contributed by atoms with Gasteiger partial charge in [0.1, 0.15) is 0 Å². The molecule has 0 aromatic carbocycles. The van der Waals surface area contributed by atoms with Crippen LogP contribution in [0.2, 0.25) is 0 Å². The van der Waals surface area contributed by atoms with Crippen molar-refractivity contribution in [2.75, 3.05) is 5.32 Å². The standard InChI is InChI=1S/C10H14N4O3/c1-10(2,5-6(15)16)14-9-7(8(11)17)12-3-4-13-9/h3-4H,5H2,1-2H3,(H2,11,17)(H,13,14)(H,15,16). The van der Waals surface area contributed by atoms with Crippen molar-refractivity contribution in [3.63, 3.8) is 0 Å². The highest BCUT2D eigenvalue weighted by Gasteiger charge is 2.24. The molecule has 0 saturated carbocycles. The summed E-state index contributed by atoms with van der Waals surface area (Å²) in [5.41, 5.74) is 4.37. The molecule has 0 saturated heterocycles. The molecule has 1 amide bonds. The Hall–Kier alpha value is -2.18. The third-order valence-electron chi connectivity index (χ3n) is 1.98. The Morgan fingerprint density at radius 1 is 1.41 bits per heavy atom. The van der Waals surface area contributed by atoms with Gasteiger partial charge in [0.15, 0.2) is 11.5 Å². The molecule has 0 aliphatic rings. The third-order valence-corrected chi connectivity index (χ3v) is 1.98. The second-order valence-electron chi connectivity index (χ2n) is 4.20. The number of carbonyl (C=O) groups excluding carboxylic acids is 1. The number of nitrogens with one attached hydrogen (secondary N) is 1. The average molecular weight is 238 g/mol. The number of carbonyl (C=O) groups is 2. The van der Waals surface area contributed by atoms with E-state index in [-0.39, 0.29) is 17.9 Å². The molecule has 4 N–H and O–H groups in total. The highest BCUT2D eigenvalue weighted by atomic mass is 16.4. The van der Waals surface area contributed by atoms with Crippen LogP contribution >= 0.6 is 0 Å². The topological polar surface area (TPSA) is 118 Å². The van der Waals surface area contributed by atoms with Gasteiger partial charge >= 0.3 is 5.97 Å². The normalized spacial score (nSPS) is 10.9. The first-order chi connectivity index (χ1) is 7.82. The van der Waals surface area contributed by atoms with Crippen molar-refractivity contribution in [2.24, 2.45) is 5.73 Å². The molecule has 0 unspecified atom stereocenters. The Bertz CT molecular complexity index is 445. The van der Waals surface area contributed by atoms with E-state index in [2.05, 4.69) is 15.3 Å². The molecule has 0 radical (unpaired) electrons. The lowest BCUT2D eigenvalue weighted by Crippen LogP contribution is -2.35. The summed E-state index contributed by atoms with van der Waals surface area (Å²) in [7, 11) is 0. The van der Waals surface area contributed by atoms with Crippen molar-refractivity contribution < 1.29 is 14.7 Å². The molecular formula is C10H14N4O3. The molecule has 7 nitrogen and oxygen atoms in total. The molecule has 1 rings (SSSR count). The highest BCUT2D eigenvalue weighted by Crippen LogP contribution is 2.18. The Kier molecular flexibility index (Phi) is 3.62. The molecule has 17 heavy (non-hydrogen) atoms. The number of primary amides is 1. The Morgan fingerprint density at radius 3 is 2.53 bits per heavy atom. The maximum atomic E-state index is 11.1. The van der Waals surface area contributed by atoms with Crippen molar-refractivity contribution in [1.82, 2.24) is 9.97 Å². The van der Waals surface area contributed by atoms with Gasteiger partial charge in [-0.05, 0) is 13.8 Å². The van der Waals surface area contributed by atoms with Gasteiger partial charge in [0.2, 0.25) is 0 Å². The van der Waals surface area contributed by atoms with Crippen LogP contribution in [0.25, 0.3) is 0 Å². The van der Waals surface area contributed by atoms with Gasteiger partial charge in [-0.1, -0.05) is 0 Å². The lowest BCUT2D eigenvalue weighted by Gasteiger charge is -2.25. The fourth-order valence-electron chi connectivity index (χ4n) is 1.35. The SMILES string of the molecule is CC(C)(CC(=O)O)Nc1nccnc1C(N)=O. The van der Waals surface area contributed by atoms with Gasteiger partial charge in [-0.3, -0.25) is 9.59 Å². The zero-order valence-corrected chi connectivity index (χ0v) is 9.60. The van der Waals surface area contributed by atoms with E-state index < -0.39 is 17.4 Å². The number of nitrogens with two attached hydrogens (primary N) is 1. The molecule has 0 aliphatic carbocycles. The summed E-state index contributed by atoms with van der Waals surface area (Å²) in [6.45, 7) is 3.36. The number of rotatable bonds is 5. The van der Waals surface area contributed by atoms with Crippen molar-refractivity contribution in [1.29, 1.82) is 0 Å². The van der Waals surface area contributed by atoms with E-state index in [1.54, 1.807) is 13.8 Å². The monoisotopic (exact) mass is 238 g/mol. The van der Waals surface area contributed by atoms with Crippen LogP contribution in [0.4, 0.5) is 5.82 Å². The molecule has 7 heteroatoms. The number of anilines is 1. The first-order valence-corrected chi connectivity index (χ1v) is 4.92. The predicted octanol–water partition coefficient (Wildman–Crippen LogP) is 0.241. The Balaban J connectivity index is 2.95. The molecule has 1 aromatic rings. The van der Waals surface area contributed by atoms with E-state index in [0.29, 0.717) is 0 Å². The minimum Gasteiger partial charge on any atom is -0.481 e. The third kappa shape index (κ3) is 3.71. The van der Waals surface area contributed by atoms with Gasteiger partial charge in [0, 0.05) is 17.9 Å². The van der Waals surface area contributed by atoms with Crippen molar-refractivity contribution in [2.45, 2.75) is 25.8 Å². The smallest absolute Gasteiger partial charge is 0.305 e. The highest BCUT2D eigenvalue weighted by molar-refractivity contribution is 5.95. The number of nitrogens with zero attached hydrogens (tertiary/aromatic N) is 2. The minimum absolute atomic E-state index is 0.00837. The van der Waals surface area contributed by atoms with E-state index in [1.165, 1.54) is 12.4 Å². The molecule has 0 fully saturated rings. The minimum atomic E-state index is -0.952. The van der Waals surface area contributed by atoms with E-state index in [4.69, 9.17) is 10.8 Å². The summed E-state index contributed by atoms with van der Waals surface area (Å²) < 4.78 is 0. The summed E-state index contributed by atoms with van der Waals surface area (Å²) >= 11 is 0. The second-order valence-corrected chi connectivity index (χ2v) is 4.20. The number of hydrogen-bond acceptors (Lipinski definition) is 5. The molecular weight excluding hydrogens is 224 g/mol. The largest absolute Gasteiger partial charge is 0.481 e. The van der Waals surface area contributed by atoms with Gasteiger partial charge in [-0.2, -0.15) is 0 Å². The molecule has 1 aromatic heterocycles. The Morgan fingerprint density at radius 2 is 2.00 bits per heavy atom. The predicted molar refractivity (Wildman–Crippen MR) is 60.5 cm³/mol. The number of amides is 1. The van der Waals surface area contributed by atoms with Gasteiger partial charge in [0.05, 0.1) is 6.42 Å². The zero-order chi connectivity index (χ0) is 13.1. The molecule has 0 aliphatic heterocycles. The number of aromatic nitrogens is 2. The van der Waals surface area contributed by atoms with E-state index in [9.17, 15) is 9.59 Å². The molecule has 0 atom stereocenters. The van der Waals surface area contributed by atoms with Crippen molar-refractivity contribution >= 4 is 17.7 Å². The maximum Gasteiger partial charge on any atom is 0.305 e. The summed E-state index contributed by atoms with van der Waals surface area (Å²) in [6, 6.07) is 0. The van der Waals surface area contributed by atoms with Gasteiger partial charge in [-0.15, -0.1) is 0 Å². The van der Waals surface area contributed by atoms with Crippen LogP contribution in [-0.2, 0) is 4.79 Å². The summed E-state index contributed by atoms with van der Waals surface area (Å²) in [4.78, 5) is 29.5.